The van der Waals surface area contributed by atoms with Crippen molar-refractivity contribution in [3.63, 3.8) is 0 Å². The lowest BCUT2D eigenvalue weighted by Gasteiger charge is -2.37. The molecule has 31 heavy (non-hydrogen) atoms. The summed E-state index contributed by atoms with van der Waals surface area (Å²) >= 11 is 1.85. The highest BCUT2D eigenvalue weighted by atomic mass is 32.1. The van der Waals surface area contributed by atoms with Gasteiger partial charge in [-0.1, -0.05) is 12.1 Å². The zero-order valence-electron chi connectivity index (χ0n) is 17.9. The van der Waals surface area contributed by atoms with Gasteiger partial charge in [-0.3, -0.25) is 9.47 Å². The minimum absolute atomic E-state index is 0.0583. The maximum Gasteiger partial charge on any atom is 0.327 e. The quantitative estimate of drug-likeness (QED) is 0.642. The van der Waals surface area contributed by atoms with E-state index < -0.39 is 0 Å². The minimum Gasteiger partial charge on any atom is -0.368 e. The molecule has 0 radical (unpaired) electrons. The molecule has 7 heteroatoms. The highest BCUT2D eigenvalue weighted by Gasteiger charge is 2.24. The second-order valence-electron chi connectivity index (χ2n) is 8.87. The summed E-state index contributed by atoms with van der Waals surface area (Å²) in [6, 6.07) is 9.14. The van der Waals surface area contributed by atoms with E-state index in [9.17, 15) is 4.79 Å². The van der Waals surface area contributed by atoms with Gasteiger partial charge in [0.2, 0.25) is 0 Å². The number of fused-ring (bicyclic) bond motifs is 1. The van der Waals surface area contributed by atoms with Crippen molar-refractivity contribution in [2.24, 2.45) is 5.92 Å². The molecule has 1 amide bonds. The molecule has 1 aliphatic heterocycles. The number of thiophene rings is 1. The molecule has 5 rings (SSSR count). The lowest BCUT2D eigenvalue weighted by atomic mass is 9.84. The Morgan fingerprint density at radius 1 is 1.10 bits per heavy atom. The van der Waals surface area contributed by atoms with Gasteiger partial charge in [0, 0.05) is 44.6 Å². The van der Waals surface area contributed by atoms with E-state index in [2.05, 4.69) is 49.7 Å². The summed E-state index contributed by atoms with van der Waals surface area (Å²) in [5, 5.41) is 6.71. The van der Waals surface area contributed by atoms with E-state index in [1.165, 1.54) is 46.1 Å². The molecular weight excluding hydrogens is 406 g/mol. The van der Waals surface area contributed by atoms with Crippen LogP contribution in [-0.4, -0.2) is 59.2 Å². The van der Waals surface area contributed by atoms with Crippen molar-refractivity contribution in [2.75, 3.05) is 37.6 Å². The first-order valence-electron chi connectivity index (χ1n) is 11.5. The smallest absolute Gasteiger partial charge is 0.327 e. The van der Waals surface area contributed by atoms with Crippen molar-refractivity contribution in [3.8, 4) is 0 Å². The maximum absolute atomic E-state index is 12.2. The normalized spacial score (nSPS) is 22.6. The number of hydrogen-bond acceptors (Lipinski definition) is 5. The Labute approximate surface area is 187 Å². The summed E-state index contributed by atoms with van der Waals surface area (Å²) in [7, 11) is 0. The molecule has 1 aliphatic carbocycles. The Kier molecular flexibility index (Phi) is 6.22. The van der Waals surface area contributed by atoms with Gasteiger partial charge in [-0.25, -0.2) is 9.78 Å². The van der Waals surface area contributed by atoms with E-state index in [0.29, 0.717) is 6.04 Å². The molecule has 3 heterocycles. The summed E-state index contributed by atoms with van der Waals surface area (Å²) in [6.45, 7) is 5.73. The third-order valence-electron chi connectivity index (χ3n) is 6.94. The Morgan fingerprint density at radius 3 is 2.71 bits per heavy atom. The summed E-state index contributed by atoms with van der Waals surface area (Å²) in [4.78, 5) is 21.3. The summed E-state index contributed by atoms with van der Waals surface area (Å²) in [5.74, 6) is 0.791. The van der Waals surface area contributed by atoms with Crippen LogP contribution < -0.4 is 10.2 Å². The lowest BCUT2D eigenvalue weighted by Crippen LogP contribution is -2.47. The highest BCUT2D eigenvalue weighted by Crippen LogP contribution is 2.32. The topological polar surface area (TPSA) is 53.4 Å². The minimum atomic E-state index is -0.0583. The fourth-order valence-electron chi connectivity index (χ4n) is 5.03. The molecule has 1 aromatic carbocycles. The predicted molar refractivity (Wildman–Crippen MR) is 127 cm³/mol. The number of imidazole rings is 1. The third-order valence-corrected chi connectivity index (χ3v) is 7.89. The molecule has 2 aromatic heterocycles. The molecule has 2 aliphatic rings. The van der Waals surface area contributed by atoms with Gasteiger partial charge in [0.15, 0.2) is 0 Å². The Balaban J connectivity index is 1.03. The summed E-state index contributed by atoms with van der Waals surface area (Å²) in [6.07, 6.45) is 10.8. The van der Waals surface area contributed by atoms with Crippen LogP contribution in [0.15, 0.2) is 48.4 Å². The van der Waals surface area contributed by atoms with Crippen molar-refractivity contribution in [2.45, 2.75) is 38.1 Å². The number of carbonyl (C=O) groups excluding carboxylic acids is 1. The fourth-order valence-corrected chi connectivity index (χ4v) is 5.97. The highest BCUT2D eigenvalue weighted by molar-refractivity contribution is 7.17. The summed E-state index contributed by atoms with van der Waals surface area (Å²) < 4.78 is 2.94. The number of nitrogens with zero attached hydrogens (tertiary/aromatic N) is 4. The van der Waals surface area contributed by atoms with Crippen molar-refractivity contribution in [1.29, 1.82) is 0 Å². The van der Waals surface area contributed by atoms with Crippen molar-refractivity contribution in [1.82, 2.24) is 19.8 Å². The molecule has 0 bridgehead atoms. The van der Waals surface area contributed by atoms with Crippen LogP contribution in [0.1, 0.15) is 32.1 Å². The van der Waals surface area contributed by atoms with Gasteiger partial charge in [-0.2, -0.15) is 0 Å². The van der Waals surface area contributed by atoms with Gasteiger partial charge < -0.3 is 10.2 Å². The molecule has 6 nitrogen and oxygen atoms in total. The second kappa shape index (κ2) is 9.40. The van der Waals surface area contributed by atoms with Gasteiger partial charge >= 0.3 is 6.03 Å². The van der Waals surface area contributed by atoms with Crippen LogP contribution in [0, 0.1) is 5.92 Å². The van der Waals surface area contributed by atoms with E-state index in [4.69, 9.17) is 0 Å². The van der Waals surface area contributed by atoms with Crippen molar-refractivity contribution in [3.05, 3.63) is 48.4 Å². The zero-order chi connectivity index (χ0) is 21.0. The maximum atomic E-state index is 12.2. The van der Waals surface area contributed by atoms with Gasteiger partial charge in [0.25, 0.3) is 0 Å². The number of piperazine rings is 1. The molecule has 2 fully saturated rings. The van der Waals surface area contributed by atoms with Crippen LogP contribution in [0.4, 0.5) is 10.5 Å². The molecular formula is C24H31N5OS. The van der Waals surface area contributed by atoms with Crippen LogP contribution in [0.2, 0.25) is 0 Å². The number of aromatic nitrogens is 2. The third kappa shape index (κ3) is 4.77. The number of nitrogens with one attached hydrogen (secondary N) is 1. The van der Waals surface area contributed by atoms with Crippen molar-refractivity contribution >= 4 is 33.1 Å². The van der Waals surface area contributed by atoms with Gasteiger partial charge in [-0.15, -0.1) is 11.3 Å². The first-order chi connectivity index (χ1) is 15.3. The molecule has 1 N–H and O–H groups in total. The van der Waals surface area contributed by atoms with Crippen LogP contribution in [0.5, 0.6) is 0 Å². The van der Waals surface area contributed by atoms with E-state index in [1.807, 2.05) is 11.3 Å². The van der Waals surface area contributed by atoms with Crippen LogP contribution in [0.3, 0.4) is 0 Å². The fraction of sp³-hybridized carbons (Fsp3) is 0.500. The second-order valence-corrected chi connectivity index (χ2v) is 9.79. The molecule has 3 aromatic rings. The van der Waals surface area contributed by atoms with Crippen LogP contribution >= 0.6 is 11.3 Å². The SMILES string of the molecule is O=C(NC1CCC(CCN2CCN(c3cccc4ccsc34)CC2)CC1)n1ccnc1. The number of hydrogen-bond donors (Lipinski definition) is 1. The van der Waals surface area contributed by atoms with Gasteiger partial charge in [0.05, 0.1) is 10.4 Å². The molecule has 0 spiro atoms. The predicted octanol–water partition coefficient (Wildman–Crippen LogP) is 4.43. The first kappa shape index (κ1) is 20.5. The van der Waals surface area contributed by atoms with Crippen molar-refractivity contribution < 1.29 is 4.79 Å². The van der Waals surface area contributed by atoms with E-state index in [0.717, 1.165) is 44.9 Å². The molecule has 0 atom stereocenters. The van der Waals surface area contributed by atoms with Gasteiger partial charge in [0.1, 0.15) is 6.33 Å². The Bertz CT molecular complexity index is 985. The summed E-state index contributed by atoms with van der Waals surface area (Å²) in [5.41, 5.74) is 1.41. The Hall–Kier alpha value is -2.38. The number of amides is 1. The number of benzene rings is 1. The largest absolute Gasteiger partial charge is 0.368 e. The average Bonchev–Trinajstić information content (AvgIpc) is 3.51. The van der Waals surface area contributed by atoms with E-state index in [-0.39, 0.29) is 6.03 Å². The number of anilines is 1. The van der Waals surface area contributed by atoms with Gasteiger partial charge in [-0.05, 0) is 67.5 Å². The first-order valence-corrected chi connectivity index (χ1v) is 12.4. The van der Waals surface area contributed by atoms with Crippen LogP contribution in [-0.2, 0) is 0 Å². The van der Waals surface area contributed by atoms with Crippen LogP contribution in [0.25, 0.3) is 10.1 Å². The number of rotatable bonds is 5. The monoisotopic (exact) mass is 437 g/mol. The van der Waals surface area contributed by atoms with E-state index >= 15 is 0 Å². The van der Waals surface area contributed by atoms with E-state index in [1.54, 1.807) is 18.7 Å². The average molecular weight is 438 g/mol. The molecule has 0 unspecified atom stereocenters. The standard InChI is InChI=1S/C24H31N5OS/c30-24(29-12-10-25-18-29)26-21-6-4-19(5-7-21)8-11-27-13-15-28(16-14-27)22-3-1-2-20-9-17-31-23(20)22/h1-3,9-10,12,17-19,21H,4-8,11,13-16H2,(H,26,30). The molecule has 164 valence electrons. The Morgan fingerprint density at radius 2 is 1.94 bits per heavy atom. The zero-order valence-corrected chi connectivity index (χ0v) is 18.8. The molecule has 1 saturated carbocycles. The molecule has 1 saturated heterocycles. The number of carbonyl (C=O) groups is 1. The lowest BCUT2D eigenvalue weighted by molar-refractivity contribution is 0.206.